The molecule has 3 aliphatic rings. The summed E-state index contributed by atoms with van der Waals surface area (Å²) in [4.78, 5) is 0. The molecule has 0 saturated carbocycles. The third-order valence-corrected chi connectivity index (χ3v) is 6.54. The Morgan fingerprint density at radius 3 is 2.16 bits per heavy atom. The Kier molecular flexibility index (Phi) is 5.28. The van der Waals surface area contributed by atoms with Gasteiger partial charge in [-0.2, -0.15) is 0 Å². The second kappa shape index (κ2) is 6.75. The van der Waals surface area contributed by atoms with Crippen LogP contribution in [0.15, 0.2) is 0 Å². The van der Waals surface area contributed by atoms with Gasteiger partial charge in [0, 0.05) is 36.7 Å². The van der Waals surface area contributed by atoms with Gasteiger partial charge in [0.2, 0.25) is 0 Å². The number of fused-ring (bicyclic) bond motifs is 2. The zero-order chi connectivity index (χ0) is 18.6. The first-order valence-electron chi connectivity index (χ1n) is 9.89. The Morgan fingerprint density at radius 1 is 0.920 bits per heavy atom. The predicted molar refractivity (Wildman–Crippen MR) is 95.0 cm³/mol. The highest BCUT2D eigenvalue weighted by atomic mass is 16.7. The smallest absolute Gasteiger partial charge is 0.166 e. The SMILES string of the molecule is C[C@H]([C@@H]1OC(C)(C)O[C@@H]([C@@H](C)CO)[C@H]1C)[C@@H]1O[C@@]2(C)CC[C@H](O2)[C@H]1C. The van der Waals surface area contributed by atoms with Crippen LogP contribution in [0.2, 0.25) is 0 Å². The first kappa shape index (κ1) is 19.6. The monoisotopic (exact) mass is 356 g/mol. The minimum atomic E-state index is -0.656. The molecule has 3 saturated heterocycles. The summed E-state index contributed by atoms with van der Waals surface area (Å²) in [6.45, 7) is 14.8. The molecule has 0 unspecified atom stereocenters. The van der Waals surface area contributed by atoms with Crippen LogP contribution in [0, 0.1) is 23.7 Å². The van der Waals surface area contributed by atoms with E-state index in [1.807, 2.05) is 20.8 Å². The molecule has 25 heavy (non-hydrogen) atoms. The van der Waals surface area contributed by atoms with Crippen molar-refractivity contribution in [2.24, 2.45) is 23.7 Å². The summed E-state index contributed by atoms with van der Waals surface area (Å²) in [5.74, 6) is -0.260. The molecule has 0 aromatic rings. The van der Waals surface area contributed by atoms with Gasteiger partial charge < -0.3 is 24.1 Å². The van der Waals surface area contributed by atoms with Crippen LogP contribution in [0.5, 0.6) is 0 Å². The minimum absolute atomic E-state index is 0.0244. The van der Waals surface area contributed by atoms with E-state index >= 15 is 0 Å². The van der Waals surface area contributed by atoms with Crippen LogP contribution >= 0.6 is 0 Å². The summed E-state index contributed by atoms with van der Waals surface area (Å²) in [7, 11) is 0. The largest absolute Gasteiger partial charge is 0.396 e. The number of aliphatic hydroxyl groups excluding tert-OH is 1. The van der Waals surface area contributed by atoms with Gasteiger partial charge >= 0.3 is 0 Å². The number of hydrogen-bond acceptors (Lipinski definition) is 5. The fourth-order valence-electron chi connectivity index (χ4n) is 5.09. The van der Waals surface area contributed by atoms with Crippen molar-refractivity contribution in [1.82, 2.24) is 0 Å². The number of rotatable bonds is 4. The maximum atomic E-state index is 9.64. The normalized spacial score (nSPS) is 49.0. The molecule has 0 radical (unpaired) electrons. The van der Waals surface area contributed by atoms with Crippen LogP contribution in [-0.2, 0) is 18.9 Å². The molecule has 146 valence electrons. The van der Waals surface area contributed by atoms with Gasteiger partial charge in [-0.25, -0.2) is 0 Å². The van der Waals surface area contributed by atoms with Gasteiger partial charge in [-0.05, 0) is 27.2 Å². The first-order valence-corrected chi connectivity index (χ1v) is 9.89. The van der Waals surface area contributed by atoms with E-state index in [4.69, 9.17) is 18.9 Å². The quantitative estimate of drug-likeness (QED) is 0.837. The average molecular weight is 357 g/mol. The summed E-state index contributed by atoms with van der Waals surface area (Å²) in [6.07, 6.45) is 2.42. The highest BCUT2D eigenvalue weighted by Crippen LogP contribution is 2.47. The van der Waals surface area contributed by atoms with E-state index in [0.717, 1.165) is 12.8 Å². The molecule has 3 heterocycles. The highest BCUT2D eigenvalue weighted by Gasteiger charge is 2.53. The highest BCUT2D eigenvalue weighted by molar-refractivity contribution is 4.97. The Labute approximate surface area is 152 Å². The molecule has 2 bridgehead atoms. The van der Waals surface area contributed by atoms with Crippen molar-refractivity contribution in [3.63, 3.8) is 0 Å². The molecule has 3 rings (SSSR count). The second-order valence-electron chi connectivity index (χ2n) is 9.21. The van der Waals surface area contributed by atoms with Crippen molar-refractivity contribution >= 4 is 0 Å². The molecule has 0 aliphatic carbocycles. The van der Waals surface area contributed by atoms with Gasteiger partial charge in [-0.1, -0.05) is 27.7 Å². The minimum Gasteiger partial charge on any atom is -0.396 e. The lowest BCUT2D eigenvalue weighted by Crippen LogP contribution is -2.58. The standard InChI is InChI=1S/C20H36O5/c1-11(10-21)16-13(3)18(24-19(5,6)23-16)14(4)17-12(2)15-8-9-20(7,22-15)25-17/h11-18,21H,8-10H2,1-7H3/t11-,12+,13+,14-,15-,16-,17+,18+,20-/m0/s1. The van der Waals surface area contributed by atoms with Crippen LogP contribution < -0.4 is 0 Å². The molecule has 5 nitrogen and oxygen atoms in total. The lowest BCUT2D eigenvalue weighted by Gasteiger charge is -2.51. The zero-order valence-electron chi connectivity index (χ0n) is 16.8. The lowest BCUT2D eigenvalue weighted by molar-refractivity contribution is -0.355. The summed E-state index contributed by atoms with van der Waals surface area (Å²) < 4.78 is 25.1. The third-order valence-electron chi connectivity index (χ3n) is 6.54. The van der Waals surface area contributed by atoms with Crippen molar-refractivity contribution in [3.05, 3.63) is 0 Å². The summed E-state index contributed by atoms with van der Waals surface area (Å²) in [6, 6.07) is 0. The summed E-state index contributed by atoms with van der Waals surface area (Å²) in [5.41, 5.74) is 0. The van der Waals surface area contributed by atoms with Crippen molar-refractivity contribution in [2.75, 3.05) is 6.61 Å². The van der Waals surface area contributed by atoms with Gasteiger partial charge in [0.1, 0.15) is 0 Å². The van der Waals surface area contributed by atoms with E-state index in [2.05, 4.69) is 27.7 Å². The maximum absolute atomic E-state index is 9.64. The van der Waals surface area contributed by atoms with Crippen LogP contribution in [0.1, 0.15) is 61.3 Å². The van der Waals surface area contributed by atoms with Crippen LogP contribution in [0.4, 0.5) is 0 Å². The van der Waals surface area contributed by atoms with E-state index in [1.165, 1.54) is 0 Å². The topological polar surface area (TPSA) is 57.2 Å². The molecule has 1 N–H and O–H groups in total. The number of ether oxygens (including phenoxy) is 4. The van der Waals surface area contributed by atoms with Crippen LogP contribution in [-0.4, -0.2) is 47.7 Å². The molecule has 3 aliphatic heterocycles. The third kappa shape index (κ3) is 3.63. The fraction of sp³-hybridized carbons (Fsp3) is 1.00. The van der Waals surface area contributed by atoms with Gasteiger partial charge in [0.15, 0.2) is 11.6 Å². The zero-order valence-corrected chi connectivity index (χ0v) is 16.8. The second-order valence-corrected chi connectivity index (χ2v) is 9.21. The lowest BCUT2D eigenvalue weighted by atomic mass is 9.77. The Bertz CT molecular complexity index is 481. The first-order chi connectivity index (χ1) is 11.6. The number of aliphatic hydroxyl groups is 1. The summed E-state index contributed by atoms with van der Waals surface area (Å²) >= 11 is 0. The average Bonchev–Trinajstić information content (AvgIpc) is 2.89. The molecule has 3 fully saturated rings. The van der Waals surface area contributed by atoms with E-state index in [9.17, 15) is 5.11 Å². The molecule has 5 heteroatoms. The maximum Gasteiger partial charge on any atom is 0.166 e. The Hall–Kier alpha value is -0.200. The molecular weight excluding hydrogens is 320 g/mol. The summed E-state index contributed by atoms with van der Waals surface area (Å²) in [5, 5.41) is 9.64. The van der Waals surface area contributed by atoms with Gasteiger partial charge in [-0.3, -0.25) is 0 Å². The molecule has 0 aromatic heterocycles. The van der Waals surface area contributed by atoms with Gasteiger partial charge in [0.05, 0.1) is 24.4 Å². The molecule has 9 atom stereocenters. The molecule has 0 amide bonds. The van der Waals surface area contributed by atoms with E-state index in [1.54, 1.807) is 0 Å². The predicted octanol–water partition coefficient (Wildman–Crippen LogP) is 3.34. The Morgan fingerprint density at radius 2 is 1.52 bits per heavy atom. The molecular formula is C20H36O5. The molecule has 0 spiro atoms. The van der Waals surface area contributed by atoms with Crippen molar-refractivity contribution in [3.8, 4) is 0 Å². The fourth-order valence-corrected chi connectivity index (χ4v) is 5.09. The van der Waals surface area contributed by atoms with Crippen molar-refractivity contribution in [1.29, 1.82) is 0 Å². The van der Waals surface area contributed by atoms with E-state index < -0.39 is 11.6 Å². The van der Waals surface area contributed by atoms with Gasteiger partial charge in [-0.15, -0.1) is 0 Å². The molecule has 0 aromatic carbocycles. The number of hydrogen-bond donors (Lipinski definition) is 1. The van der Waals surface area contributed by atoms with Gasteiger partial charge in [0.25, 0.3) is 0 Å². The van der Waals surface area contributed by atoms with Crippen LogP contribution in [0.3, 0.4) is 0 Å². The van der Waals surface area contributed by atoms with Crippen LogP contribution in [0.25, 0.3) is 0 Å². The van der Waals surface area contributed by atoms with E-state index in [0.29, 0.717) is 5.92 Å². The Balaban J connectivity index is 1.81. The van der Waals surface area contributed by atoms with Crippen molar-refractivity contribution in [2.45, 2.75) is 97.3 Å². The van der Waals surface area contributed by atoms with Crippen molar-refractivity contribution < 1.29 is 24.1 Å². The van der Waals surface area contributed by atoms with E-state index in [-0.39, 0.29) is 48.8 Å².